The summed E-state index contributed by atoms with van der Waals surface area (Å²) in [5, 5.41) is 6.31. The molecule has 0 atom stereocenters. The zero-order valence-electron chi connectivity index (χ0n) is 10.2. The molecule has 0 saturated carbocycles. The monoisotopic (exact) mass is 294 g/mol. The largest absolute Gasteiger partial charge is 0.323 e. The van der Waals surface area contributed by atoms with Crippen molar-refractivity contribution in [3.8, 4) is 0 Å². The fourth-order valence-electron chi connectivity index (χ4n) is 1.57. The maximum absolute atomic E-state index is 11.8. The lowest BCUT2D eigenvalue weighted by Gasteiger charge is -2.10. The maximum Gasteiger partial charge on any atom is 0.323 e. The zero-order valence-corrected chi connectivity index (χ0v) is 11.7. The van der Waals surface area contributed by atoms with Crippen LogP contribution in [0, 0.1) is 6.92 Å². The van der Waals surface area contributed by atoms with Gasteiger partial charge in [-0.3, -0.25) is 0 Å². The fourth-order valence-corrected chi connectivity index (χ4v) is 1.87. The second-order valence-corrected chi connectivity index (χ2v) is 4.84. The molecule has 19 heavy (non-hydrogen) atoms. The number of rotatable bonds is 2. The molecule has 0 bridgehead atoms. The van der Waals surface area contributed by atoms with Crippen LogP contribution in [-0.2, 0) is 0 Å². The van der Waals surface area contributed by atoms with E-state index in [1.165, 1.54) is 0 Å². The van der Waals surface area contributed by atoms with Crippen molar-refractivity contribution < 1.29 is 4.79 Å². The minimum atomic E-state index is -0.326. The molecule has 0 fully saturated rings. The first-order chi connectivity index (χ1) is 9.06. The lowest BCUT2D eigenvalue weighted by molar-refractivity contribution is 0.262. The Bertz CT molecular complexity index is 614. The first-order valence-electron chi connectivity index (χ1n) is 5.65. The summed E-state index contributed by atoms with van der Waals surface area (Å²) in [5.41, 5.74) is 2.34. The van der Waals surface area contributed by atoms with Gasteiger partial charge < -0.3 is 10.6 Å². The summed E-state index contributed by atoms with van der Waals surface area (Å²) in [4.78, 5) is 11.8. The number of benzene rings is 2. The molecule has 2 aromatic rings. The van der Waals surface area contributed by atoms with Crippen molar-refractivity contribution in [1.82, 2.24) is 0 Å². The van der Waals surface area contributed by atoms with Crippen LogP contribution in [0.15, 0.2) is 42.5 Å². The molecule has 2 aromatic carbocycles. The molecule has 2 N–H and O–H groups in total. The fraction of sp³-hybridized carbons (Fsp3) is 0.0714. The highest BCUT2D eigenvalue weighted by molar-refractivity contribution is 6.42. The number of halogens is 2. The Balaban J connectivity index is 2.05. The van der Waals surface area contributed by atoms with Crippen LogP contribution in [0.1, 0.15) is 5.56 Å². The number of aryl methyl sites for hydroxylation is 1. The van der Waals surface area contributed by atoms with Gasteiger partial charge in [-0.25, -0.2) is 4.79 Å². The molecule has 5 heteroatoms. The maximum atomic E-state index is 11.8. The van der Waals surface area contributed by atoms with E-state index in [1.807, 2.05) is 31.2 Å². The van der Waals surface area contributed by atoms with Crippen LogP contribution in [-0.4, -0.2) is 6.03 Å². The highest BCUT2D eigenvalue weighted by atomic mass is 35.5. The van der Waals surface area contributed by atoms with Crippen molar-refractivity contribution in [2.45, 2.75) is 6.92 Å². The van der Waals surface area contributed by atoms with E-state index in [9.17, 15) is 4.79 Å². The van der Waals surface area contributed by atoms with E-state index in [0.717, 1.165) is 11.3 Å². The third kappa shape index (κ3) is 3.63. The summed E-state index contributed by atoms with van der Waals surface area (Å²) in [6, 6.07) is 12.1. The van der Waals surface area contributed by atoms with Gasteiger partial charge in [0.15, 0.2) is 0 Å². The molecular weight excluding hydrogens is 283 g/mol. The molecule has 0 aliphatic heterocycles. The van der Waals surface area contributed by atoms with Crippen LogP contribution in [0.5, 0.6) is 0 Å². The first kappa shape index (κ1) is 13.7. The van der Waals surface area contributed by atoms with Gasteiger partial charge >= 0.3 is 6.03 Å². The number of carbonyl (C=O) groups excluding carboxylic acids is 1. The predicted octanol–water partition coefficient (Wildman–Crippen LogP) is 4.95. The molecule has 3 nitrogen and oxygen atoms in total. The van der Waals surface area contributed by atoms with Crippen molar-refractivity contribution in [3.63, 3.8) is 0 Å². The van der Waals surface area contributed by atoms with Crippen LogP contribution < -0.4 is 10.6 Å². The second kappa shape index (κ2) is 5.95. The number of nitrogens with one attached hydrogen (secondary N) is 2. The van der Waals surface area contributed by atoms with Crippen molar-refractivity contribution in [2.24, 2.45) is 0 Å². The van der Waals surface area contributed by atoms with Crippen molar-refractivity contribution in [2.75, 3.05) is 10.6 Å². The highest BCUT2D eigenvalue weighted by Gasteiger charge is 2.05. The Morgan fingerprint density at radius 2 is 1.74 bits per heavy atom. The molecule has 0 heterocycles. The summed E-state index contributed by atoms with van der Waals surface area (Å²) in [6.45, 7) is 1.93. The molecule has 0 unspecified atom stereocenters. The van der Waals surface area contributed by atoms with Gasteiger partial charge in [0.05, 0.1) is 10.0 Å². The number of urea groups is 1. The van der Waals surface area contributed by atoms with E-state index in [0.29, 0.717) is 15.7 Å². The van der Waals surface area contributed by atoms with Crippen LogP contribution in [0.2, 0.25) is 10.0 Å². The number of anilines is 2. The second-order valence-electron chi connectivity index (χ2n) is 4.02. The highest BCUT2D eigenvalue weighted by Crippen LogP contribution is 2.25. The van der Waals surface area contributed by atoms with Gasteiger partial charge in [-0.1, -0.05) is 41.4 Å². The van der Waals surface area contributed by atoms with Gasteiger partial charge in [0, 0.05) is 11.4 Å². The third-order valence-electron chi connectivity index (χ3n) is 2.57. The van der Waals surface area contributed by atoms with Gasteiger partial charge in [0.25, 0.3) is 0 Å². The molecule has 0 aliphatic carbocycles. The molecule has 0 spiro atoms. The summed E-state index contributed by atoms with van der Waals surface area (Å²) in [6.07, 6.45) is 0. The van der Waals surface area contributed by atoms with Gasteiger partial charge in [0.1, 0.15) is 0 Å². The topological polar surface area (TPSA) is 41.1 Å². The lowest BCUT2D eigenvalue weighted by Crippen LogP contribution is -2.19. The van der Waals surface area contributed by atoms with E-state index in [4.69, 9.17) is 23.2 Å². The molecule has 2 amide bonds. The number of amides is 2. The molecule has 0 radical (unpaired) electrons. The average Bonchev–Trinajstić information content (AvgIpc) is 2.37. The normalized spacial score (nSPS) is 10.1. The summed E-state index contributed by atoms with van der Waals surface area (Å²) in [5.74, 6) is 0. The molecule has 0 saturated heterocycles. The van der Waals surface area contributed by atoms with Crippen LogP contribution in [0.25, 0.3) is 0 Å². The summed E-state index contributed by atoms with van der Waals surface area (Å²) in [7, 11) is 0. The van der Waals surface area contributed by atoms with E-state index < -0.39 is 0 Å². The van der Waals surface area contributed by atoms with Gasteiger partial charge in [-0.2, -0.15) is 0 Å². The van der Waals surface area contributed by atoms with Gasteiger partial charge in [0.2, 0.25) is 0 Å². The van der Waals surface area contributed by atoms with Crippen molar-refractivity contribution >= 4 is 40.6 Å². The lowest BCUT2D eigenvalue weighted by atomic mass is 10.2. The quantitative estimate of drug-likeness (QED) is 0.809. The van der Waals surface area contributed by atoms with Crippen LogP contribution in [0.4, 0.5) is 16.2 Å². The minimum Gasteiger partial charge on any atom is -0.308 e. The molecular formula is C14H12Cl2N2O. The summed E-state index contributed by atoms with van der Waals surface area (Å²) < 4.78 is 0. The van der Waals surface area contributed by atoms with E-state index in [1.54, 1.807) is 18.2 Å². The number of carbonyl (C=O) groups is 1. The smallest absolute Gasteiger partial charge is 0.308 e. The Hall–Kier alpha value is -1.71. The molecule has 98 valence electrons. The SMILES string of the molecule is Cc1ccccc1NC(=O)Nc1ccc(Cl)c(Cl)c1. The van der Waals surface area contributed by atoms with Crippen molar-refractivity contribution in [1.29, 1.82) is 0 Å². The van der Waals surface area contributed by atoms with Crippen molar-refractivity contribution in [3.05, 3.63) is 58.1 Å². The first-order valence-corrected chi connectivity index (χ1v) is 6.40. The Kier molecular flexibility index (Phi) is 4.30. The molecule has 0 aliphatic rings. The standard InChI is InChI=1S/C14H12Cl2N2O/c1-9-4-2-3-5-13(9)18-14(19)17-10-6-7-11(15)12(16)8-10/h2-8H,1H3,(H2,17,18,19). The Morgan fingerprint density at radius 1 is 1.00 bits per heavy atom. The number of hydrogen-bond acceptors (Lipinski definition) is 1. The van der Waals surface area contributed by atoms with Gasteiger partial charge in [-0.05, 0) is 36.8 Å². The van der Waals surface area contributed by atoms with Crippen LogP contribution in [0.3, 0.4) is 0 Å². The third-order valence-corrected chi connectivity index (χ3v) is 3.31. The predicted molar refractivity (Wildman–Crippen MR) is 80.3 cm³/mol. The Labute approximate surface area is 121 Å². The average molecular weight is 295 g/mol. The zero-order chi connectivity index (χ0) is 13.8. The Morgan fingerprint density at radius 3 is 2.42 bits per heavy atom. The van der Waals surface area contributed by atoms with E-state index >= 15 is 0 Å². The van der Waals surface area contributed by atoms with E-state index in [2.05, 4.69) is 10.6 Å². The number of hydrogen-bond donors (Lipinski definition) is 2. The van der Waals surface area contributed by atoms with Gasteiger partial charge in [-0.15, -0.1) is 0 Å². The molecule has 2 rings (SSSR count). The minimum absolute atomic E-state index is 0.326. The molecule has 0 aromatic heterocycles. The number of para-hydroxylation sites is 1. The van der Waals surface area contributed by atoms with E-state index in [-0.39, 0.29) is 6.03 Å². The van der Waals surface area contributed by atoms with Crippen LogP contribution >= 0.6 is 23.2 Å². The summed E-state index contributed by atoms with van der Waals surface area (Å²) >= 11 is 11.7.